The number of amides is 1. The van der Waals surface area contributed by atoms with Crippen LogP contribution in [0.15, 0.2) is 52.1 Å². The summed E-state index contributed by atoms with van der Waals surface area (Å²) in [6.45, 7) is 1.74. The molecule has 0 saturated heterocycles. The fourth-order valence-corrected chi connectivity index (χ4v) is 2.30. The molecule has 0 saturated carbocycles. The van der Waals surface area contributed by atoms with Crippen LogP contribution in [-0.4, -0.2) is 45.7 Å². The van der Waals surface area contributed by atoms with Gasteiger partial charge in [-0.25, -0.2) is 0 Å². The Kier molecular flexibility index (Phi) is 10.2. The van der Waals surface area contributed by atoms with Crippen LogP contribution in [0.4, 0.5) is 0 Å². The van der Waals surface area contributed by atoms with Crippen LogP contribution in [0.1, 0.15) is 16.1 Å². The summed E-state index contributed by atoms with van der Waals surface area (Å²) in [4.78, 5) is 15.9. The third-order valence-corrected chi connectivity index (χ3v) is 3.55. The van der Waals surface area contributed by atoms with Gasteiger partial charge in [0.1, 0.15) is 5.75 Å². The number of halogens is 1. The number of benzene rings is 1. The van der Waals surface area contributed by atoms with E-state index in [-0.39, 0.29) is 29.9 Å². The van der Waals surface area contributed by atoms with Crippen molar-refractivity contribution < 1.29 is 13.9 Å². The van der Waals surface area contributed by atoms with E-state index in [1.54, 1.807) is 26.3 Å². The third-order valence-electron chi connectivity index (χ3n) is 3.55. The summed E-state index contributed by atoms with van der Waals surface area (Å²) in [5.41, 5.74) is 1.14. The summed E-state index contributed by atoms with van der Waals surface area (Å²) in [6.07, 6.45) is 2.29. The van der Waals surface area contributed by atoms with Crippen LogP contribution < -0.4 is 20.7 Å². The molecule has 3 N–H and O–H groups in total. The Bertz CT molecular complexity index is 690. The van der Waals surface area contributed by atoms with Gasteiger partial charge < -0.3 is 25.1 Å². The van der Waals surface area contributed by atoms with Gasteiger partial charge in [-0.2, -0.15) is 0 Å². The number of nitrogens with one attached hydrogen (secondary N) is 3. The first-order chi connectivity index (χ1) is 12.2. The van der Waals surface area contributed by atoms with E-state index in [2.05, 4.69) is 20.9 Å². The van der Waals surface area contributed by atoms with E-state index < -0.39 is 0 Å². The summed E-state index contributed by atoms with van der Waals surface area (Å²) in [5.74, 6) is 1.64. The molecule has 2 aromatic rings. The van der Waals surface area contributed by atoms with Gasteiger partial charge in [0, 0.05) is 26.7 Å². The number of hydrogen-bond acceptors (Lipinski definition) is 4. The zero-order valence-corrected chi connectivity index (χ0v) is 17.3. The highest BCUT2D eigenvalue weighted by atomic mass is 127. The predicted octanol–water partition coefficient (Wildman–Crippen LogP) is 2.04. The lowest BCUT2D eigenvalue weighted by molar-refractivity contribution is 0.0926. The van der Waals surface area contributed by atoms with Gasteiger partial charge in [-0.05, 0) is 30.2 Å². The molecule has 8 heteroatoms. The molecule has 26 heavy (non-hydrogen) atoms. The van der Waals surface area contributed by atoms with Gasteiger partial charge in [-0.1, -0.05) is 18.2 Å². The van der Waals surface area contributed by atoms with Crippen molar-refractivity contribution in [2.45, 2.75) is 6.42 Å². The van der Waals surface area contributed by atoms with Crippen molar-refractivity contribution >= 4 is 35.8 Å². The predicted molar refractivity (Wildman–Crippen MR) is 113 cm³/mol. The number of aliphatic imine (C=N–C) groups is 1. The summed E-state index contributed by atoms with van der Waals surface area (Å²) in [5, 5.41) is 9.15. The normalized spacial score (nSPS) is 10.6. The maximum Gasteiger partial charge on any atom is 0.287 e. The average molecular weight is 472 g/mol. The first kappa shape index (κ1) is 21.8. The zero-order valence-electron chi connectivity index (χ0n) is 15.0. The maximum atomic E-state index is 11.7. The molecule has 7 nitrogen and oxygen atoms in total. The lowest BCUT2D eigenvalue weighted by Gasteiger charge is -2.13. The van der Waals surface area contributed by atoms with Crippen molar-refractivity contribution in [1.29, 1.82) is 0 Å². The molecule has 142 valence electrons. The third kappa shape index (κ3) is 6.95. The van der Waals surface area contributed by atoms with Crippen molar-refractivity contribution in [3.63, 3.8) is 0 Å². The van der Waals surface area contributed by atoms with Crippen molar-refractivity contribution in [2.24, 2.45) is 4.99 Å². The van der Waals surface area contributed by atoms with Gasteiger partial charge in [0.25, 0.3) is 5.91 Å². The quantitative estimate of drug-likeness (QED) is 0.237. The van der Waals surface area contributed by atoms with Gasteiger partial charge in [0.05, 0.1) is 13.4 Å². The Morgan fingerprint density at radius 2 is 1.81 bits per heavy atom. The van der Waals surface area contributed by atoms with Crippen molar-refractivity contribution in [1.82, 2.24) is 16.0 Å². The standard InChI is InChI=1S/C18H24N4O3.HI/c1-19-18(21-10-9-14-6-3-4-7-15(14)24-2)22-12-11-20-17(23)16-8-5-13-25-16;/h3-8,13H,9-12H2,1-2H3,(H,20,23)(H2,19,21,22);1H. The van der Waals surface area contributed by atoms with Crippen molar-refractivity contribution in [2.75, 3.05) is 33.8 Å². The molecule has 0 bridgehead atoms. The number of carbonyl (C=O) groups is 1. The molecule has 1 aromatic carbocycles. The molecule has 0 unspecified atom stereocenters. The van der Waals surface area contributed by atoms with Crippen LogP contribution >= 0.6 is 24.0 Å². The molecule has 0 aliphatic heterocycles. The topological polar surface area (TPSA) is 87.9 Å². The first-order valence-electron chi connectivity index (χ1n) is 8.12. The van der Waals surface area contributed by atoms with Gasteiger partial charge in [0.15, 0.2) is 11.7 Å². The molecule has 0 atom stereocenters. The fraction of sp³-hybridized carbons (Fsp3) is 0.333. The van der Waals surface area contributed by atoms with Crippen LogP contribution in [0.5, 0.6) is 5.75 Å². The van der Waals surface area contributed by atoms with E-state index in [1.165, 1.54) is 6.26 Å². The molecule has 2 rings (SSSR count). The Labute approximate surface area is 170 Å². The minimum atomic E-state index is -0.231. The average Bonchev–Trinajstić information content (AvgIpc) is 3.18. The Hall–Kier alpha value is -2.23. The number of methoxy groups -OCH3 is 1. The number of furan rings is 1. The number of rotatable bonds is 8. The van der Waals surface area contributed by atoms with E-state index in [1.807, 2.05) is 24.3 Å². The Morgan fingerprint density at radius 1 is 1.08 bits per heavy atom. The van der Waals surface area contributed by atoms with Crippen molar-refractivity contribution in [3.8, 4) is 5.75 Å². The summed E-state index contributed by atoms with van der Waals surface area (Å²) < 4.78 is 10.4. The molecule has 0 fully saturated rings. The molecule has 0 aliphatic rings. The van der Waals surface area contributed by atoms with E-state index in [4.69, 9.17) is 9.15 Å². The molecular formula is C18H25IN4O3. The minimum Gasteiger partial charge on any atom is -0.496 e. The van der Waals surface area contributed by atoms with Crippen molar-refractivity contribution in [3.05, 3.63) is 54.0 Å². The zero-order chi connectivity index (χ0) is 17.9. The summed E-state index contributed by atoms with van der Waals surface area (Å²) in [7, 11) is 3.38. The van der Waals surface area contributed by atoms with E-state index in [0.717, 1.165) is 24.3 Å². The van der Waals surface area contributed by atoms with E-state index in [9.17, 15) is 4.79 Å². The SMILES string of the molecule is CN=C(NCCNC(=O)c1ccco1)NCCc1ccccc1OC.I. The molecule has 1 amide bonds. The molecule has 0 spiro atoms. The molecule has 0 radical (unpaired) electrons. The second-order valence-electron chi connectivity index (χ2n) is 5.22. The highest BCUT2D eigenvalue weighted by molar-refractivity contribution is 14.0. The first-order valence-corrected chi connectivity index (χ1v) is 8.12. The van der Waals surface area contributed by atoms with E-state index >= 15 is 0 Å². The van der Waals surface area contributed by atoms with Crippen LogP contribution in [-0.2, 0) is 6.42 Å². The van der Waals surface area contributed by atoms with Gasteiger partial charge in [-0.3, -0.25) is 9.79 Å². The van der Waals surface area contributed by atoms with Crippen LogP contribution in [0.3, 0.4) is 0 Å². The number of nitrogens with zero attached hydrogens (tertiary/aromatic N) is 1. The van der Waals surface area contributed by atoms with Gasteiger partial charge >= 0.3 is 0 Å². The highest BCUT2D eigenvalue weighted by Crippen LogP contribution is 2.17. The monoisotopic (exact) mass is 472 g/mol. The number of para-hydroxylation sites is 1. The number of carbonyl (C=O) groups excluding carboxylic acids is 1. The number of ether oxygens (including phenoxy) is 1. The largest absolute Gasteiger partial charge is 0.496 e. The van der Waals surface area contributed by atoms with Gasteiger partial charge in [-0.15, -0.1) is 24.0 Å². The smallest absolute Gasteiger partial charge is 0.287 e. The molecular weight excluding hydrogens is 447 g/mol. The van der Waals surface area contributed by atoms with Crippen LogP contribution in [0.25, 0.3) is 0 Å². The summed E-state index contributed by atoms with van der Waals surface area (Å²) in [6, 6.07) is 11.2. The Balaban J connectivity index is 0.00000338. The molecule has 1 heterocycles. The van der Waals surface area contributed by atoms with Crippen LogP contribution in [0.2, 0.25) is 0 Å². The molecule has 0 aliphatic carbocycles. The second-order valence-corrected chi connectivity index (χ2v) is 5.22. The lowest BCUT2D eigenvalue weighted by atomic mass is 10.1. The second kappa shape index (κ2) is 12.2. The number of hydrogen-bond donors (Lipinski definition) is 3. The maximum absolute atomic E-state index is 11.7. The fourth-order valence-electron chi connectivity index (χ4n) is 2.30. The number of guanidine groups is 1. The highest BCUT2D eigenvalue weighted by Gasteiger charge is 2.07. The molecule has 1 aromatic heterocycles. The Morgan fingerprint density at radius 3 is 2.50 bits per heavy atom. The van der Waals surface area contributed by atoms with Gasteiger partial charge in [0.2, 0.25) is 0 Å². The summed E-state index contributed by atoms with van der Waals surface area (Å²) >= 11 is 0. The minimum absolute atomic E-state index is 0. The van der Waals surface area contributed by atoms with Crippen LogP contribution in [0, 0.1) is 0 Å². The van der Waals surface area contributed by atoms with E-state index in [0.29, 0.717) is 24.8 Å². The lowest BCUT2D eigenvalue weighted by Crippen LogP contribution is -2.42.